The Hall–Kier alpha value is -1.49. The lowest BCUT2D eigenvalue weighted by atomic mass is 9.97. The Morgan fingerprint density at radius 3 is 2.86 bits per heavy atom. The maximum absolute atomic E-state index is 13.7. The van der Waals surface area contributed by atoms with Crippen molar-refractivity contribution in [3.05, 3.63) is 29.8 Å². The van der Waals surface area contributed by atoms with Gasteiger partial charge in [-0.25, -0.2) is 4.39 Å². The van der Waals surface area contributed by atoms with E-state index in [1.54, 1.807) is 0 Å². The van der Waals surface area contributed by atoms with Gasteiger partial charge in [-0.05, 0) is 50.8 Å². The van der Waals surface area contributed by atoms with Gasteiger partial charge in [0.1, 0.15) is 0 Å². The quantitative estimate of drug-likeness (QED) is 0.856. The fourth-order valence-corrected chi connectivity index (χ4v) is 3.45. The summed E-state index contributed by atoms with van der Waals surface area (Å²) < 4.78 is 13.7. The number of nitrogens with zero attached hydrogens (tertiary/aromatic N) is 3. The molecule has 0 aromatic carbocycles. The number of piperidine rings is 1. The molecule has 21 heavy (non-hydrogen) atoms. The first kappa shape index (κ1) is 14.4. The number of carbonyl (C=O) groups excluding carboxylic acids is 1. The third-order valence-electron chi connectivity index (χ3n) is 4.52. The van der Waals surface area contributed by atoms with Crippen molar-refractivity contribution in [1.82, 2.24) is 14.8 Å². The molecule has 1 aromatic rings. The molecule has 0 unspecified atom stereocenters. The van der Waals surface area contributed by atoms with Crippen LogP contribution in [0.15, 0.2) is 18.5 Å². The summed E-state index contributed by atoms with van der Waals surface area (Å²) in [4.78, 5) is 20.5. The van der Waals surface area contributed by atoms with Gasteiger partial charge in [-0.2, -0.15) is 0 Å². The molecule has 3 rings (SSSR count). The van der Waals surface area contributed by atoms with Gasteiger partial charge in [0.25, 0.3) is 5.91 Å². The number of aromatic nitrogens is 1. The standard InChI is InChI=1S/C16H22FN3O/c17-15-10-18-6-5-14(15)16(21)20-9-3-4-13(12-20)11-19-7-1-2-8-19/h5-6,10,13H,1-4,7-9,11-12H2/t13-/m0/s1. The molecule has 2 aliphatic heterocycles. The van der Waals surface area contributed by atoms with Crippen molar-refractivity contribution in [3.8, 4) is 0 Å². The summed E-state index contributed by atoms with van der Waals surface area (Å²) >= 11 is 0. The van der Waals surface area contributed by atoms with Gasteiger partial charge >= 0.3 is 0 Å². The number of carbonyl (C=O) groups is 1. The van der Waals surface area contributed by atoms with E-state index >= 15 is 0 Å². The van der Waals surface area contributed by atoms with Crippen LogP contribution < -0.4 is 0 Å². The Morgan fingerprint density at radius 2 is 2.10 bits per heavy atom. The maximum atomic E-state index is 13.7. The summed E-state index contributed by atoms with van der Waals surface area (Å²) in [5, 5.41) is 0. The Balaban J connectivity index is 1.62. The largest absolute Gasteiger partial charge is 0.338 e. The predicted octanol–water partition coefficient (Wildman–Crippen LogP) is 2.17. The van der Waals surface area contributed by atoms with Crippen LogP contribution >= 0.6 is 0 Å². The molecule has 0 saturated carbocycles. The van der Waals surface area contributed by atoms with Crippen LogP contribution in [0, 0.1) is 11.7 Å². The number of hydrogen-bond donors (Lipinski definition) is 0. The third kappa shape index (κ3) is 3.40. The van der Waals surface area contributed by atoms with E-state index in [0.29, 0.717) is 5.92 Å². The first-order valence-corrected chi connectivity index (χ1v) is 7.85. The van der Waals surface area contributed by atoms with E-state index in [-0.39, 0.29) is 11.5 Å². The molecule has 1 atom stereocenters. The van der Waals surface area contributed by atoms with Crippen LogP contribution in [0.1, 0.15) is 36.0 Å². The van der Waals surface area contributed by atoms with Crippen LogP contribution in [0.5, 0.6) is 0 Å². The summed E-state index contributed by atoms with van der Waals surface area (Å²) in [6, 6.07) is 1.47. The zero-order valence-electron chi connectivity index (χ0n) is 12.3. The predicted molar refractivity (Wildman–Crippen MR) is 78.5 cm³/mol. The van der Waals surface area contributed by atoms with Crippen molar-refractivity contribution in [3.63, 3.8) is 0 Å². The molecule has 2 aliphatic rings. The van der Waals surface area contributed by atoms with Crippen molar-refractivity contribution >= 4 is 5.91 Å². The molecule has 0 radical (unpaired) electrons. The highest BCUT2D eigenvalue weighted by Gasteiger charge is 2.27. The van der Waals surface area contributed by atoms with Gasteiger partial charge in [0.2, 0.25) is 0 Å². The zero-order valence-corrected chi connectivity index (χ0v) is 12.3. The zero-order chi connectivity index (χ0) is 14.7. The molecule has 114 valence electrons. The molecule has 0 aliphatic carbocycles. The number of hydrogen-bond acceptors (Lipinski definition) is 3. The van der Waals surface area contributed by atoms with Gasteiger partial charge in [-0.1, -0.05) is 0 Å². The molecule has 0 spiro atoms. The molecule has 4 nitrogen and oxygen atoms in total. The highest BCUT2D eigenvalue weighted by molar-refractivity contribution is 5.94. The minimum Gasteiger partial charge on any atom is -0.338 e. The van der Waals surface area contributed by atoms with Crippen LogP contribution in [0.25, 0.3) is 0 Å². The molecular weight excluding hydrogens is 269 g/mol. The highest BCUT2D eigenvalue weighted by Crippen LogP contribution is 2.21. The minimum atomic E-state index is -0.524. The Kier molecular flexibility index (Phi) is 4.48. The Morgan fingerprint density at radius 1 is 1.29 bits per heavy atom. The molecule has 2 saturated heterocycles. The van der Waals surface area contributed by atoms with Gasteiger partial charge in [0, 0.05) is 25.8 Å². The van der Waals surface area contributed by atoms with E-state index in [9.17, 15) is 9.18 Å². The molecule has 3 heterocycles. The first-order chi connectivity index (χ1) is 10.2. The van der Waals surface area contributed by atoms with Crippen LogP contribution in [0.3, 0.4) is 0 Å². The van der Waals surface area contributed by atoms with Crippen LogP contribution in [-0.2, 0) is 0 Å². The summed E-state index contributed by atoms with van der Waals surface area (Å²) in [5.41, 5.74) is 0.145. The first-order valence-electron chi connectivity index (χ1n) is 7.85. The molecule has 2 fully saturated rings. The Bertz CT molecular complexity index is 502. The van der Waals surface area contributed by atoms with E-state index in [0.717, 1.165) is 32.3 Å². The van der Waals surface area contributed by atoms with E-state index in [1.807, 2.05) is 4.90 Å². The van der Waals surface area contributed by atoms with Gasteiger partial charge in [0.05, 0.1) is 11.8 Å². The average Bonchev–Trinajstić information content (AvgIpc) is 3.00. The van der Waals surface area contributed by atoms with Gasteiger partial charge in [-0.3, -0.25) is 9.78 Å². The highest BCUT2D eigenvalue weighted by atomic mass is 19.1. The second kappa shape index (κ2) is 6.52. The smallest absolute Gasteiger partial charge is 0.256 e. The normalized spacial score (nSPS) is 23.5. The van der Waals surface area contributed by atoms with Crippen molar-refractivity contribution in [2.75, 3.05) is 32.7 Å². The van der Waals surface area contributed by atoms with Gasteiger partial charge < -0.3 is 9.80 Å². The van der Waals surface area contributed by atoms with Crippen molar-refractivity contribution in [2.24, 2.45) is 5.92 Å². The number of likely N-dealkylation sites (tertiary alicyclic amines) is 2. The van der Waals surface area contributed by atoms with Gasteiger partial charge in [-0.15, -0.1) is 0 Å². The molecule has 0 bridgehead atoms. The topological polar surface area (TPSA) is 36.4 Å². The maximum Gasteiger partial charge on any atom is 0.256 e. The fraction of sp³-hybridized carbons (Fsp3) is 0.625. The monoisotopic (exact) mass is 291 g/mol. The molecule has 1 amide bonds. The number of halogens is 1. The summed E-state index contributed by atoms with van der Waals surface area (Å²) in [6.45, 7) is 4.92. The van der Waals surface area contributed by atoms with E-state index in [4.69, 9.17) is 0 Å². The third-order valence-corrected chi connectivity index (χ3v) is 4.52. The van der Waals surface area contributed by atoms with Crippen LogP contribution in [-0.4, -0.2) is 53.4 Å². The van der Waals surface area contributed by atoms with E-state index in [1.165, 1.54) is 44.6 Å². The van der Waals surface area contributed by atoms with E-state index < -0.39 is 5.82 Å². The molecular formula is C16H22FN3O. The lowest BCUT2D eigenvalue weighted by Gasteiger charge is -2.34. The Labute approximate surface area is 125 Å². The average molecular weight is 291 g/mol. The summed E-state index contributed by atoms with van der Waals surface area (Å²) in [6.07, 6.45) is 7.34. The van der Waals surface area contributed by atoms with Crippen LogP contribution in [0.2, 0.25) is 0 Å². The lowest BCUT2D eigenvalue weighted by Crippen LogP contribution is -2.43. The minimum absolute atomic E-state index is 0.145. The number of rotatable bonds is 3. The van der Waals surface area contributed by atoms with E-state index in [2.05, 4.69) is 9.88 Å². The fourth-order valence-electron chi connectivity index (χ4n) is 3.45. The SMILES string of the molecule is O=C(c1ccncc1F)N1CCC[C@@H](CN2CCCC2)C1. The van der Waals surface area contributed by atoms with Crippen LogP contribution in [0.4, 0.5) is 4.39 Å². The number of pyridine rings is 1. The molecule has 0 N–H and O–H groups in total. The van der Waals surface area contributed by atoms with Crippen molar-refractivity contribution in [2.45, 2.75) is 25.7 Å². The second-order valence-electron chi connectivity index (χ2n) is 6.12. The van der Waals surface area contributed by atoms with Crippen molar-refractivity contribution in [1.29, 1.82) is 0 Å². The molecule has 5 heteroatoms. The van der Waals surface area contributed by atoms with Gasteiger partial charge in [0.15, 0.2) is 5.82 Å². The van der Waals surface area contributed by atoms with Crippen molar-refractivity contribution < 1.29 is 9.18 Å². The molecule has 1 aromatic heterocycles. The summed E-state index contributed by atoms with van der Waals surface area (Å²) in [7, 11) is 0. The number of amides is 1. The second-order valence-corrected chi connectivity index (χ2v) is 6.12. The lowest BCUT2D eigenvalue weighted by molar-refractivity contribution is 0.0643. The summed E-state index contributed by atoms with van der Waals surface area (Å²) in [5.74, 6) is -0.198.